The van der Waals surface area contributed by atoms with Gasteiger partial charge < -0.3 is 10.3 Å². The second kappa shape index (κ2) is 5.95. The van der Waals surface area contributed by atoms with Crippen LogP contribution in [0.15, 0.2) is 54.6 Å². The average molecular weight is 350 g/mol. The van der Waals surface area contributed by atoms with E-state index in [2.05, 4.69) is 0 Å². The molecule has 0 bridgehead atoms. The molecule has 4 rings (SSSR count). The first kappa shape index (κ1) is 16.3. The van der Waals surface area contributed by atoms with Crippen molar-refractivity contribution in [1.29, 1.82) is 0 Å². The van der Waals surface area contributed by atoms with Crippen LogP contribution >= 0.6 is 0 Å². The van der Waals surface area contributed by atoms with Crippen molar-refractivity contribution in [3.63, 3.8) is 0 Å². The van der Waals surface area contributed by atoms with Gasteiger partial charge in [0.2, 0.25) is 5.91 Å². The molecule has 1 amide bonds. The quantitative estimate of drug-likeness (QED) is 0.580. The fraction of sp³-hybridized carbons (Fsp3) is 0.0952. The third-order valence-electron chi connectivity index (χ3n) is 4.72. The van der Waals surface area contributed by atoms with Gasteiger partial charge in [0.05, 0.1) is 12.1 Å². The molecule has 0 radical (unpaired) electrons. The molecule has 1 heterocycles. The lowest BCUT2D eigenvalue weighted by Gasteiger charge is -2.10. The van der Waals surface area contributed by atoms with Crippen molar-refractivity contribution >= 4 is 27.7 Å². The number of nitrogens with zero attached hydrogens (tertiary/aromatic N) is 1. The first-order chi connectivity index (χ1) is 12.5. The summed E-state index contributed by atoms with van der Waals surface area (Å²) in [5.74, 6) is -1.26. The Balaban J connectivity index is 2.06. The topological polar surface area (TPSA) is 48.0 Å². The predicted octanol–water partition coefficient (Wildman–Crippen LogP) is 4.53. The Labute approximate surface area is 148 Å². The smallest absolute Gasteiger partial charge is 0.249 e. The molecule has 26 heavy (non-hydrogen) atoms. The van der Waals surface area contributed by atoms with Crippen LogP contribution in [0.2, 0.25) is 0 Å². The molecule has 3 nitrogen and oxygen atoms in total. The largest absolute Gasteiger partial charge is 0.366 e. The van der Waals surface area contributed by atoms with Gasteiger partial charge >= 0.3 is 0 Å². The summed E-state index contributed by atoms with van der Waals surface area (Å²) in [6.07, 6.45) is 0. The molecule has 0 aliphatic carbocycles. The van der Waals surface area contributed by atoms with E-state index in [0.29, 0.717) is 33.0 Å². The first-order valence-corrected chi connectivity index (χ1v) is 8.21. The Hall–Kier alpha value is -3.21. The van der Waals surface area contributed by atoms with Gasteiger partial charge in [0.15, 0.2) is 0 Å². The summed E-state index contributed by atoms with van der Waals surface area (Å²) in [6, 6.07) is 14.8. The number of carbonyl (C=O) groups is 1. The minimum absolute atomic E-state index is 0.265. The van der Waals surface area contributed by atoms with Crippen molar-refractivity contribution in [3.8, 4) is 0 Å². The number of amides is 1. The number of fused-ring (bicyclic) bond motifs is 3. The van der Waals surface area contributed by atoms with E-state index in [1.54, 1.807) is 43.3 Å². The number of aromatic nitrogens is 1. The highest BCUT2D eigenvalue weighted by Gasteiger charge is 2.18. The molecule has 0 saturated heterocycles. The second-order valence-corrected chi connectivity index (χ2v) is 6.36. The normalized spacial score (nSPS) is 11.3. The number of hydrogen-bond donors (Lipinski definition) is 1. The lowest BCUT2D eigenvalue weighted by atomic mass is 10.1. The highest BCUT2D eigenvalue weighted by atomic mass is 19.1. The van der Waals surface area contributed by atoms with E-state index in [-0.39, 0.29) is 12.4 Å². The molecule has 5 heteroatoms. The van der Waals surface area contributed by atoms with Gasteiger partial charge in [-0.05, 0) is 42.8 Å². The van der Waals surface area contributed by atoms with E-state index >= 15 is 0 Å². The van der Waals surface area contributed by atoms with Crippen molar-refractivity contribution < 1.29 is 13.6 Å². The lowest BCUT2D eigenvalue weighted by molar-refractivity contribution is 0.100. The van der Waals surface area contributed by atoms with Crippen LogP contribution in [-0.2, 0) is 6.54 Å². The highest BCUT2D eigenvalue weighted by Crippen LogP contribution is 2.33. The molecule has 0 aliphatic rings. The van der Waals surface area contributed by atoms with Crippen LogP contribution in [0.5, 0.6) is 0 Å². The SMILES string of the molecule is Cc1cccc(Cn2c3ccc(F)cc3c3c(C(N)=O)cccc32)c1F. The van der Waals surface area contributed by atoms with E-state index in [1.165, 1.54) is 12.1 Å². The summed E-state index contributed by atoms with van der Waals surface area (Å²) in [7, 11) is 0. The number of primary amides is 1. The predicted molar refractivity (Wildman–Crippen MR) is 98.2 cm³/mol. The molecule has 4 aromatic rings. The highest BCUT2D eigenvalue weighted by molar-refractivity contribution is 6.17. The third-order valence-corrected chi connectivity index (χ3v) is 4.72. The van der Waals surface area contributed by atoms with E-state index in [4.69, 9.17) is 5.73 Å². The average Bonchev–Trinajstić information content (AvgIpc) is 2.92. The maximum atomic E-state index is 14.5. The summed E-state index contributed by atoms with van der Waals surface area (Å²) in [5.41, 5.74) is 8.35. The van der Waals surface area contributed by atoms with Gasteiger partial charge in [0, 0.05) is 27.4 Å². The fourth-order valence-corrected chi connectivity index (χ4v) is 3.50. The van der Waals surface area contributed by atoms with Gasteiger partial charge in [0.25, 0.3) is 0 Å². The van der Waals surface area contributed by atoms with Crippen LogP contribution in [0.1, 0.15) is 21.5 Å². The van der Waals surface area contributed by atoms with Crippen LogP contribution < -0.4 is 5.73 Å². The molecule has 2 N–H and O–H groups in total. The maximum absolute atomic E-state index is 14.5. The van der Waals surface area contributed by atoms with Crippen LogP contribution in [-0.4, -0.2) is 10.5 Å². The Kier molecular flexibility index (Phi) is 3.72. The minimum atomic E-state index is -0.583. The van der Waals surface area contributed by atoms with Crippen LogP contribution in [0, 0.1) is 18.6 Å². The Morgan fingerprint density at radius 2 is 1.81 bits per heavy atom. The molecule has 0 atom stereocenters. The second-order valence-electron chi connectivity index (χ2n) is 6.36. The molecule has 0 saturated carbocycles. The van der Waals surface area contributed by atoms with Crippen molar-refractivity contribution in [2.24, 2.45) is 5.73 Å². The molecule has 130 valence electrons. The first-order valence-electron chi connectivity index (χ1n) is 8.21. The van der Waals surface area contributed by atoms with E-state index in [0.717, 1.165) is 5.52 Å². The molecule has 3 aromatic carbocycles. The van der Waals surface area contributed by atoms with Crippen LogP contribution in [0.25, 0.3) is 21.8 Å². The van der Waals surface area contributed by atoms with Gasteiger partial charge in [-0.15, -0.1) is 0 Å². The zero-order valence-corrected chi connectivity index (χ0v) is 14.1. The van der Waals surface area contributed by atoms with Gasteiger partial charge in [-0.25, -0.2) is 8.78 Å². The van der Waals surface area contributed by atoms with Gasteiger partial charge in [-0.2, -0.15) is 0 Å². The molecule has 0 aliphatic heterocycles. The number of carbonyl (C=O) groups excluding carboxylic acids is 1. The third kappa shape index (κ3) is 2.44. The maximum Gasteiger partial charge on any atom is 0.249 e. The van der Waals surface area contributed by atoms with Crippen LogP contribution in [0.3, 0.4) is 0 Å². The summed E-state index contributed by atoms with van der Waals surface area (Å²) >= 11 is 0. The minimum Gasteiger partial charge on any atom is -0.366 e. The van der Waals surface area contributed by atoms with Gasteiger partial charge in [-0.3, -0.25) is 4.79 Å². The number of halogens is 2. The van der Waals surface area contributed by atoms with Crippen molar-refractivity contribution in [3.05, 3.63) is 82.9 Å². The monoisotopic (exact) mass is 350 g/mol. The molecule has 0 spiro atoms. The molecular weight excluding hydrogens is 334 g/mol. The van der Waals surface area contributed by atoms with E-state index < -0.39 is 11.7 Å². The molecule has 1 aromatic heterocycles. The standard InChI is InChI=1S/C21H16F2N2O/c1-12-4-2-5-13(20(12)23)11-25-17-9-8-14(22)10-16(17)19-15(21(24)26)6-3-7-18(19)25/h2-10H,11H2,1H3,(H2,24,26). The number of rotatable bonds is 3. The zero-order valence-electron chi connectivity index (χ0n) is 14.1. The molecule has 0 unspecified atom stereocenters. The van der Waals surface area contributed by atoms with Gasteiger partial charge in [-0.1, -0.05) is 24.3 Å². The summed E-state index contributed by atoms with van der Waals surface area (Å²) in [6.45, 7) is 1.98. The number of nitrogens with two attached hydrogens (primary N) is 1. The van der Waals surface area contributed by atoms with Crippen LogP contribution in [0.4, 0.5) is 8.78 Å². The number of aryl methyl sites for hydroxylation is 1. The van der Waals surface area contributed by atoms with Crippen molar-refractivity contribution in [2.45, 2.75) is 13.5 Å². The summed E-state index contributed by atoms with van der Waals surface area (Å²) < 4.78 is 30.3. The Morgan fingerprint density at radius 1 is 1.04 bits per heavy atom. The fourth-order valence-electron chi connectivity index (χ4n) is 3.50. The summed E-state index contributed by atoms with van der Waals surface area (Å²) in [5, 5.41) is 1.17. The molecule has 0 fully saturated rings. The zero-order chi connectivity index (χ0) is 18.4. The lowest BCUT2D eigenvalue weighted by Crippen LogP contribution is -2.11. The van der Waals surface area contributed by atoms with Gasteiger partial charge in [0.1, 0.15) is 11.6 Å². The number of benzene rings is 3. The van der Waals surface area contributed by atoms with E-state index in [9.17, 15) is 13.6 Å². The van der Waals surface area contributed by atoms with Crippen molar-refractivity contribution in [1.82, 2.24) is 4.57 Å². The summed E-state index contributed by atoms with van der Waals surface area (Å²) in [4.78, 5) is 11.9. The van der Waals surface area contributed by atoms with Crippen molar-refractivity contribution in [2.75, 3.05) is 0 Å². The number of hydrogen-bond acceptors (Lipinski definition) is 1. The Morgan fingerprint density at radius 3 is 2.58 bits per heavy atom. The Bertz CT molecular complexity index is 1180. The van der Waals surface area contributed by atoms with E-state index in [1.807, 2.05) is 10.6 Å². The molecular formula is C21H16F2N2O.